The predicted molar refractivity (Wildman–Crippen MR) is 118 cm³/mol. The number of nitrogens with zero attached hydrogens (tertiary/aromatic N) is 2. The van der Waals surface area contributed by atoms with Gasteiger partial charge in [0.2, 0.25) is 0 Å². The lowest BCUT2D eigenvalue weighted by atomic mass is 10.1. The SMILES string of the molecule is O=c1nc(NCC2=CC=CC2)ccn1[C@@H]1O[C@H](CO)[C@@H](OP(=O)(O)OC[C@H]2OC(O)C[C@@H]2O)[C@H]1O. The van der Waals surface area contributed by atoms with E-state index in [1.54, 1.807) is 0 Å². The van der Waals surface area contributed by atoms with Gasteiger partial charge in [0.1, 0.15) is 30.2 Å². The summed E-state index contributed by atoms with van der Waals surface area (Å²) in [5, 5.41) is 42.5. The van der Waals surface area contributed by atoms with E-state index in [-0.39, 0.29) is 6.42 Å². The van der Waals surface area contributed by atoms with Gasteiger partial charge in [-0.3, -0.25) is 13.6 Å². The lowest BCUT2D eigenvalue weighted by Crippen LogP contribution is -2.37. The number of aliphatic hydroxyl groups is 4. The van der Waals surface area contributed by atoms with Crippen LogP contribution >= 0.6 is 7.82 Å². The first kappa shape index (κ1) is 26.1. The van der Waals surface area contributed by atoms with Crippen molar-refractivity contribution in [1.29, 1.82) is 0 Å². The molecule has 0 radical (unpaired) electrons. The van der Waals surface area contributed by atoms with Crippen LogP contribution < -0.4 is 11.0 Å². The van der Waals surface area contributed by atoms with Crippen molar-refractivity contribution in [3.63, 3.8) is 0 Å². The first-order valence-corrected chi connectivity index (χ1v) is 12.5. The zero-order valence-corrected chi connectivity index (χ0v) is 19.4. The van der Waals surface area contributed by atoms with Crippen molar-refractivity contribution in [2.24, 2.45) is 0 Å². The highest BCUT2D eigenvalue weighted by Crippen LogP contribution is 2.48. The van der Waals surface area contributed by atoms with E-state index in [1.807, 2.05) is 18.2 Å². The predicted octanol–water partition coefficient (Wildman–Crippen LogP) is -1.24. The van der Waals surface area contributed by atoms with Crippen LogP contribution in [0.5, 0.6) is 0 Å². The summed E-state index contributed by atoms with van der Waals surface area (Å²) in [6, 6.07) is 1.50. The van der Waals surface area contributed by atoms with Crippen LogP contribution in [0.3, 0.4) is 0 Å². The Balaban J connectivity index is 1.39. The second-order valence-electron chi connectivity index (χ2n) is 8.32. The Morgan fingerprint density at radius 1 is 1.26 bits per heavy atom. The molecule has 3 aliphatic rings. The molecular formula is C20H28N3O11P. The molecule has 8 atom stereocenters. The molecule has 0 amide bonds. The zero-order chi connectivity index (χ0) is 25.2. The third-order valence-corrected chi connectivity index (χ3v) is 6.78. The Morgan fingerprint density at radius 3 is 2.69 bits per heavy atom. The lowest BCUT2D eigenvalue weighted by molar-refractivity contribution is -0.108. The molecule has 14 nitrogen and oxygen atoms in total. The molecule has 2 saturated heterocycles. The van der Waals surface area contributed by atoms with Crippen molar-refractivity contribution < 1.29 is 48.4 Å². The van der Waals surface area contributed by atoms with Gasteiger partial charge in [-0.05, 0) is 18.1 Å². The number of allylic oxidation sites excluding steroid dienone is 3. The molecule has 194 valence electrons. The van der Waals surface area contributed by atoms with Gasteiger partial charge in [-0.2, -0.15) is 4.98 Å². The Hall–Kier alpha value is -1.97. The van der Waals surface area contributed by atoms with Gasteiger partial charge in [-0.15, -0.1) is 0 Å². The highest BCUT2D eigenvalue weighted by Gasteiger charge is 2.49. The van der Waals surface area contributed by atoms with E-state index in [1.165, 1.54) is 12.3 Å². The standard InChI is InChI=1S/C20H28N3O11P/c24-9-13-18(34-35(29,30)31-10-14-12(25)7-16(26)32-14)17(27)19(33-13)23-6-5-15(22-20(23)28)21-8-11-3-1-2-4-11/h1-3,5-6,12-14,16-19,24-27H,4,7-10H2,(H,29,30)(H,21,22,28)/t12-,13+,14+,16?,17+,18+,19+/m0/s1. The quantitative estimate of drug-likeness (QED) is 0.201. The summed E-state index contributed by atoms with van der Waals surface area (Å²) in [5.74, 6) is 0.313. The summed E-state index contributed by atoms with van der Waals surface area (Å²) in [6.07, 6.45) is -1.23. The first-order chi connectivity index (χ1) is 16.7. The Bertz CT molecular complexity index is 1060. The van der Waals surface area contributed by atoms with Crippen molar-refractivity contribution in [3.05, 3.63) is 46.5 Å². The Labute approximate surface area is 199 Å². The fraction of sp³-hybridized carbons (Fsp3) is 0.600. The minimum Gasteiger partial charge on any atom is -0.394 e. The summed E-state index contributed by atoms with van der Waals surface area (Å²) >= 11 is 0. The van der Waals surface area contributed by atoms with Crippen molar-refractivity contribution in [3.8, 4) is 0 Å². The van der Waals surface area contributed by atoms with Gasteiger partial charge in [0.15, 0.2) is 12.5 Å². The number of phosphoric acid groups is 1. The number of anilines is 1. The molecule has 1 aliphatic carbocycles. The number of ether oxygens (including phenoxy) is 2. The molecule has 0 bridgehead atoms. The highest BCUT2D eigenvalue weighted by atomic mass is 31.2. The van der Waals surface area contributed by atoms with Crippen molar-refractivity contribution >= 4 is 13.6 Å². The van der Waals surface area contributed by atoms with Gasteiger partial charge in [-0.1, -0.05) is 18.2 Å². The average Bonchev–Trinajstić information content (AvgIpc) is 3.51. The number of hydrogen-bond acceptors (Lipinski definition) is 12. The topological polar surface area (TPSA) is 202 Å². The second kappa shape index (κ2) is 11.0. The zero-order valence-electron chi connectivity index (χ0n) is 18.5. The third kappa shape index (κ3) is 6.24. The van der Waals surface area contributed by atoms with E-state index in [9.17, 15) is 34.7 Å². The van der Waals surface area contributed by atoms with Crippen LogP contribution in [-0.2, 0) is 23.1 Å². The second-order valence-corrected chi connectivity index (χ2v) is 9.72. The minimum absolute atomic E-state index is 0.0831. The fourth-order valence-electron chi connectivity index (χ4n) is 3.97. The lowest BCUT2D eigenvalue weighted by Gasteiger charge is -2.23. The normalized spacial score (nSPS) is 34.2. The maximum Gasteiger partial charge on any atom is 0.472 e. The van der Waals surface area contributed by atoms with E-state index >= 15 is 0 Å². The Kier molecular flexibility index (Phi) is 8.18. The number of hydrogen-bond donors (Lipinski definition) is 6. The molecule has 35 heavy (non-hydrogen) atoms. The highest BCUT2D eigenvalue weighted by molar-refractivity contribution is 7.47. The molecule has 2 aliphatic heterocycles. The van der Waals surface area contributed by atoms with Gasteiger partial charge in [-0.25, -0.2) is 9.36 Å². The van der Waals surface area contributed by atoms with Gasteiger partial charge in [0.25, 0.3) is 0 Å². The summed E-state index contributed by atoms with van der Waals surface area (Å²) < 4.78 is 33.8. The van der Waals surface area contributed by atoms with Crippen LogP contribution in [0, 0.1) is 0 Å². The summed E-state index contributed by atoms with van der Waals surface area (Å²) in [4.78, 5) is 26.6. The van der Waals surface area contributed by atoms with Crippen molar-refractivity contribution in [2.45, 2.75) is 55.9 Å². The monoisotopic (exact) mass is 517 g/mol. The molecule has 15 heteroatoms. The van der Waals surface area contributed by atoms with Crippen LogP contribution in [0.4, 0.5) is 5.82 Å². The molecule has 1 aromatic rings. The number of rotatable bonds is 10. The largest absolute Gasteiger partial charge is 0.472 e. The van der Waals surface area contributed by atoms with Gasteiger partial charge in [0.05, 0.1) is 19.3 Å². The van der Waals surface area contributed by atoms with Crippen LogP contribution in [0.25, 0.3) is 0 Å². The molecule has 0 aromatic carbocycles. The summed E-state index contributed by atoms with van der Waals surface area (Å²) in [6.45, 7) is -0.768. The van der Waals surface area contributed by atoms with Gasteiger partial charge >= 0.3 is 13.5 Å². The number of aromatic nitrogens is 2. The average molecular weight is 517 g/mol. The summed E-state index contributed by atoms with van der Waals surface area (Å²) in [5.41, 5.74) is 0.362. The van der Waals surface area contributed by atoms with E-state index < -0.39 is 69.8 Å². The first-order valence-electron chi connectivity index (χ1n) is 11.0. The third-order valence-electron chi connectivity index (χ3n) is 5.80. The van der Waals surface area contributed by atoms with Crippen molar-refractivity contribution in [1.82, 2.24) is 9.55 Å². The van der Waals surface area contributed by atoms with Crippen molar-refractivity contribution in [2.75, 3.05) is 25.1 Å². The number of phosphoric ester groups is 1. The summed E-state index contributed by atoms with van der Waals surface area (Å²) in [7, 11) is -4.83. The number of nitrogens with one attached hydrogen (secondary N) is 1. The molecule has 0 saturated carbocycles. The number of aliphatic hydroxyl groups excluding tert-OH is 4. The molecule has 0 spiro atoms. The molecule has 1 aromatic heterocycles. The van der Waals surface area contributed by atoms with Crippen LogP contribution in [0.1, 0.15) is 19.1 Å². The maximum atomic E-state index is 12.6. The fourth-order valence-corrected chi connectivity index (χ4v) is 4.93. The minimum atomic E-state index is -4.83. The molecule has 2 unspecified atom stereocenters. The van der Waals surface area contributed by atoms with Crippen LogP contribution in [-0.4, -0.2) is 91.4 Å². The molecule has 4 rings (SSSR count). The van der Waals surface area contributed by atoms with E-state index in [4.69, 9.17) is 18.5 Å². The Morgan fingerprint density at radius 2 is 2.06 bits per heavy atom. The van der Waals surface area contributed by atoms with Gasteiger partial charge in [0, 0.05) is 19.2 Å². The molecule has 2 fully saturated rings. The van der Waals surface area contributed by atoms with E-state index in [0.717, 1.165) is 16.6 Å². The van der Waals surface area contributed by atoms with E-state index in [2.05, 4.69) is 10.3 Å². The smallest absolute Gasteiger partial charge is 0.394 e. The van der Waals surface area contributed by atoms with E-state index in [0.29, 0.717) is 12.4 Å². The molecule has 6 N–H and O–H groups in total. The van der Waals surface area contributed by atoms with Gasteiger partial charge < -0.3 is 40.1 Å². The van der Waals surface area contributed by atoms with Crippen LogP contribution in [0.15, 0.2) is 40.9 Å². The molecule has 3 heterocycles. The maximum absolute atomic E-state index is 12.6. The molecular weight excluding hydrogens is 489 g/mol. The van der Waals surface area contributed by atoms with Crippen LogP contribution in [0.2, 0.25) is 0 Å².